The first-order valence-electron chi connectivity index (χ1n) is 9.37. The summed E-state index contributed by atoms with van der Waals surface area (Å²) in [4.78, 5) is 13.7. The fraction of sp³-hybridized carbons (Fsp3) is 0.174. The lowest BCUT2D eigenvalue weighted by atomic mass is 10.2. The number of sulfone groups is 1. The lowest BCUT2D eigenvalue weighted by Crippen LogP contribution is -2.26. The topological polar surface area (TPSA) is 63.2 Å². The van der Waals surface area contributed by atoms with E-state index in [2.05, 4.69) is 17.4 Å². The quantitative estimate of drug-likeness (QED) is 0.403. The van der Waals surface area contributed by atoms with Gasteiger partial charge < -0.3 is 5.32 Å². The fourth-order valence-corrected chi connectivity index (χ4v) is 4.94. The molecule has 0 radical (unpaired) electrons. The van der Waals surface area contributed by atoms with Crippen molar-refractivity contribution in [2.45, 2.75) is 22.0 Å². The predicted octanol–water partition coefficient (Wildman–Crippen LogP) is 4.57. The van der Waals surface area contributed by atoms with Crippen LogP contribution in [0.25, 0.3) is 0 Å². The van der Waals surface area contributed by atoms with E-state index < -0.39 is 9.84 Å². The molecule has 1 amide bonds. The molecule has 0 aliphatic rings. The Morgan fingerprint density at radius 3 is 2.10 bits per heavy atom. The van der Waals surface area contributed by atoms with Crippen LogP contribution in [0, 0.1) is 0 Å². The van der Waals surface area contributed by atoms with Gasteiger partial charge in [0.25, 0.3) is 5.91 Å². The van der Waals surface area contributed by atoms with Crippen molar-refractivity contribution < 1.29 is 13.2 Å². The second kappa shape index (κ2) is 10.3. The summed E-state index contributed by atoms with van der Waals surface area (Å²) in [6, 6.07) is 26.0. The number of amides is 1. The monoisotopic (exact) mass is 425 g/mol. The number of thioether (sulfide) groups is 1. The van der Waals surface area contributed by atoms with E-state index in [1.807, 2.05) is 30.3 Å². The molecule has 29 heavy (non-hydrogen) atoms. The molecule has 0 aliphatic heterocycles. The largest absolute Gasteiger partial charge is 0.352 e. The van der Waals surface area contributed by atoms with Gasteiger partial charge in [-0.05, 0) is 48.4 Å². The van der Waals surface area contributed by atoms with Crippen LogP contribution in [0.2, 0.25) is 0 Å². The minimum Gasteiger partial charge on any atom is -0.352 e. The third kappa shape index (κ3) is 6.48. The van der Waals surface area contributed by atoms with E-state index >= 15 is 0 Å². The van der Waals surface area contributed by atoms with Gasteiger partial charge in [0.2, 0.25) is 0 Å². The van der Waals surface area contributed by atoms with Crippen molar-refractivity contribution in [3.05, 3.63) is 96.1 Å². The van der Waals surface area contributed by atoms with Crippen LogP contribution in [0.5, 0.6) is 0 Å². The maximum Gasteiger partial charge on any atom is 0.251 e. The zero-order chi connectivity index (χ0) is 20.5. The Labute approximate surface area is 176 Å². The summed E-state index contributed by atoms with van der Waals surface area (Å²) in [6.45, 7) is 0.315. The third-order valence-electron chi connectivity index (χ3n) is 4.34. The molecule has 150 valence electrons. The van der Waals surface area contributed by atoms with E-state index in [4.69, 9.17) is 0 Å². The Bertz CT molecular complexity index is 1020. The molecule has 0 fully saturated rings. The van der Waals surface area contributed by atoms with Gasteiger partial charge in [-0.1, -0.05) is 48.5 Å². The average molecular weight is 426 g/mol. The second-order valence-corrected chi connectivity index (χ2v) is 9.70. The highest BCUT2D eigenvalue weighted by molar-refractivity contribution is 7.98. The van der Waals surface area contributed by atoms with Crippen molar-refractivity contribution in [1.29, 1.82) is 0 Å². The molecule has 0 aromatic heterocycles. The van der Waals surface area contributed by atoms with E-state index in [1.165, 1.54) is 5.56 Å². The SMILES string of the molecule is O=C(NCCCS(=O)(=O)c1ccccc1)c1ccc(SCc2ccccc2)cc1. The standard InChI is InChI=1S/C23H23NO3S2/c25-23(24-16-7-17-29(26,27)22-10-5-2-6-11-22)20-12-14-21(15-13-20)28-18-19-8-3-1-4-9-19/h1-6,8-15H,7,16-18H2,(H,24,25). The number of rotatable bonds is 9. The normalized spacial score (nSPS) is 11.2. The molecule has 4 nitrogen and oxygen atoms in total. The Morgan fingerprint density at radius 2 is 1.45 bits per heavy atom. The first kappa shape index (κ1) is 21.1. The van der Waals surface area contributed by atoms with Crippen molar-refractivity contribution in [2.24, 2.45) is 0 Å². The van der Waals surface area contributed by atoms with Gasteiger partial charge in [0, 0.05) is 22.8 Å². The zero-order valence-corrected chi connectivity index (χ0v) is 17.6. The molecule has 0 atom stereocenters. The van der Waals surface area contributed by atoms with Gasteiger partial charge in [0.1, 0.15) is 0 Å². The van der Waals surface area contributed by atoms with Crippen LogP contribution in [0.3, 0.4) is 0 Å². The lowest BCUT2D eigenvalue weighted by molar-refractivity contribution is 0.0953. The molecule has 0 spiro atoms. The van der Waals surface area contributed by atoms with Crippen molar-refractivity contribution in [3.8, 4) is 0 Å². The number of benzene rings is 3. The second-order valence-electron chi connectivity index (χ2n) is 6.54. The van der Waals surface area contributed by atoms with Crippen LogP contribution in [-0.2, 0) is 15.6 Å². The highest BCUT2D eigenvalue weighted by Gasteiger charge is 2.13. The summed E-state index contributed by atoms with van der Waals surface area (Å²) < 4.78 is 24.5. The van der Waals surface area contributed by atoms with Crippen molar-refractivity contribution in [1.82, 2.24) is 5.32 Å². The van der Waals surface area contributed by atoms with Gasteiger partial charge in [-0.2, -0.15) is 0 Å². The van der Waals surface area contributed by atoms with Crippen molar-refractivity contribution >= 4 is 27.5 Å². The molecule has 6 heteroatoms. The van der Waals surface area contributed by atoms with Crippen molar-refractivity contribution in [2.75, 3.05) is 12.3 Å². The molecule has 0 saturated heterocycles. The maximum atomic E-state index is 12.3. The number of carbonyl (C=O) groups excluding carboxylic acids is 1. The molecule has 0 unspecified atom stereocenters. The summed E-state index contributed by atoms with van der Waals surface area (Å²) in [7, 11) is -3.31. The minimum absolute atomic E-state index is 0.00631. The highest BCUT2D eigenvalue weighted by Crippen LogP contribution is 2.23. The van der Waals surface area contributed by atoms with E-state index in [0.29, 0.717) is 23.4 Å². The van der Waals surface area contributed by atoms with Gasteiger partial charge in [0.05, 0.1) is 10.6 Å². The zero-order valence-electron chi connectivity index (χ0n) is 16.0. The summed E-state index contributed by atoms with van der Waals surface area (Å²) in [5.41, 5.74) is 1.82. The van der Waals surface area contributed by atoms with Crippen LogP contribution in [0.15, 0.2) is 94.7 Å². The maximum absolute atomic E-state index is 12.3. The lowest BCUT2D eigenvalue weighted by Gasteiger charge is -2.07. The number of nitrogens with one attached hydrogen (secondary N) is 1. The number of hydrogen-bond donors (Lipinski definition) is 1. The molecule has 3 aromatic rings. The minimum atomic E-state index is -3.31. The molecule has 0 heterocycles. The first-order valence-corrected chi connectivity index (χ1v) is 12.0. The summed E-state index contributed by atoms with van der Waals surface area (Å²) >= 11 is 1.72. The number of hydrogen-bond acceptors (Lipinski definition) is 4. The molecule has 0 bridgehead atoms. The predicted molar refractivity (Wildman–Crippen MR) is 118 cm³/mol. The van der Waals surface area contributed by atoms with Crippen molar-refractivity contribution in [3.63, 3.8) is 0 Å². The summed E-state index contributed by atoms with van der Waals surface area (Å²) in [5.74, 6) is 0.691. The molecule has 3 rings (SSSR count). The molecule has 0 aliphatic carbocycles. The van der Waals surface area contributed by atoms with Crippen LogP contribution in [0.1, 0.15) is 22.3 Å². The molecular weight excluding hydrogens is 402 g/mol. The molecule has 3 aromatic carbocycles. The fourth-order valence-electron chi connectivity index (χ4n) is 2.76. The Morgan fingerprint density at radius 1 is 0.828 bits per heavy atom. The van der Waals surface area contributed by atoms with Gasteiger partial charge in [-0.15, -0.1) is 11.8 Å². The van der Waals surface area contributed by atoms with Crippen LogP contribution in [0.4, 0.5) is 0 Å². The van der Waals surface area contributed by atoms with Crippen LogP contribution < -0.4 is 5.32 Å². The van der Waals surface area contributed by atoms with E-state index in [0.717, 1.165) is 10.6 Å². The Balaban J connectivity index is 1.43. The molecule has 1 N–H and O–H groups in total. The van der Waals surface area contributed by atoms with E-state index in [9.17, 15) is 13.2 Å². The van der Waals surface area contributed by atoms with Crippen LogP contribution >= 0.6 is 11.8 Å². The first-order chi connectivity index (χ1) is 14.0. The Hall–Kier alpha value is -2.57. The van der Waals surface area contributed by atoms with E-state index in [-0.39, 0.29) is 11.7 Å². The van der Waals surface area contributed by atoms with Gasteiger partial charge in [-0.25, -0.2) is 8.42 Å². The summed E-state index contributed by atoms with van der Waals surface area (Å²) in [6.07, 6.45) is 0.369. The third-order valence-corrected chi connectivity index (χ3v) is 7.24. The smallest absolute Gasteiger partial charge is 0.251 e. The van der Waals surface area contributed by atoms with Gasteiger partial charge >= 0.3 is 0 Å². The highest BCUT2D eigenvalue weighted by atomic mass is 32.2. The van der Waals surface area contributed by atoms with Gasteiger partial charge in [0.15, 0.2) is 9.84 Å². The molecule has 0 saturated carbocycles. The van der Waals surface area contributed by atoms with Gasteiger partial charge in [-0.3, -0.25) is 4.79 Å². The summed E-state index contributed by atoms with van der Waals surface area (Å²) in [5, 5.41) is 2.79. The molecular formula is C23H23NO3S2. The Kier molecular flexibility index (Phi) is 7.49. The average Bonchev–Trinajstić information content (AvgIpc) is 2.77. The van der Waals surface area contributed by atoms with E-state index in [1.54, 1.807) is 54.2 Å². The van der Waals surface area contributed by atoms with Crippen LogP contribution in [-0.4, -0.2) is 26.6 Å². The number of carbonyl (C=O) groups is 1.